The lowest BCUT2D eigenvalue weighted by Crippen LogP contribution is -2.53. The maximum Gasteiger partial charge on any atom is 0.317 e. The van der Waals surface area contributed by atoms with E-state index in [9.17, 15) is 62.1 Å². The van der Waals surface area contributed by atoms with E-state index >= 15 is 0 Å². The summed E-state index contributed by atoms with van der Waals surface area (Å²) >= 11 is 4.91. The average molecular weight is 1440 g/mol. The first-order valence-electron chi connectivity index (χ1n) is 30.4. The summed E-state index contributed by atoms with van der Waals surface area (Å²) in [4.78, 5) is 130. The topological polar surface area (TPSA) is 305 Å². The zero-order valence-electron chi connectivity index (χ0n) is 51.4. The van der Waals surface area contributed by atoms with Gasteiger partial charge in [-0.05, 0) is 83.8 Å². The van der Waals surface area contributed by atoms with Crippen LogP contribution in [0.1, 0.15) is 41.6 Å². The van der Waals surface area contributed by atoms with Crippen molar-refractivity contribution in [1.29, 1.82) is 0 Å². The second kappa shape index (κ2) is 39.9. The van der Waals surface area contributed by atoms with Crippen LogP contribution in [-0.4, -0.2) is 295 Å². The molecular weight excluding hydrogens is 1350 g/mol. The van der Waals surface area contributed by atoms with Crippen LogP contribution in [0.15, 0.2) is 54.7 Å². The molecule has 504 valence electrons. The Kier molecular flexibility index (Phi) is 32.3. The molecule has 0 aliphatic carbocycles. The number of carbonyl (C=O) groups is 9. The predicted molar refractivity (Wildman–Crippen MR) is 350 cm³/mol. The van der Waals surface area contributed by atoms with Gasteiger partial charge in [-0.3, -0.25) is 72.6 Å². The van der Waals surface area contributed by atoms with E-state index in [0.29, 0.717) is 146 Å². The minimum atomic E-state index is -3.11. The first-order chi connectivity index (χ1) is 44.3. The third-order valence-corrected chi connectivity index (χ3v) is 18.2. The van der Waals surface area contributed by atoms with Gasteiger partial charge in [0.15, 0.2) is 0 Å². The number of nitrogens with zero attached hydrogens (tertiary/aromatic N) is 8. The van der Waals surface area contributed by atoms with E-state index in [1.807, 2.05) is 39.0 Å². The molecule has 3 aromatic rings. The van der Waals surface area contributed by atoms with Gasteiger partial charge in [-0.15, -0.1) is 6.42 Å². The Balaban J connectivity index is 0.932. The summed E-state index contributed by atoms with van der Waals surface area (Å²) in [6.45, 7) is 4.97. The number of alkyl halides is 2. The number of rotatable bonds is 35. The first kappa shape index (κ1) is 74.5. The number of ether oxygens (including phenoxy) is 3. The van der Waals surface area contributed by atoms with Crippen LogP contribution >= 0.6 is 46.1 Å². The van der Waals surface area contributed by atoms with Gasteiger partial charge in [0, 0.05) is 149 Å². The minimum Gasteiger partial charge on any atom is -0.494 e. The number of aromatic nitrogens is 1. The third kappa shape index (κ3) is 26.5. The Hall–Kier alpha value is -6.51. The van der Waals surface area contributed by atoms with Gasteiger partial charge in [-0.2, -0.15) is 23.5 Å². The van der Waals surface area contributed by atoms with Crippen molar-refractivity contribution in [2.24, 2.45) is 0 Å². The van der Waals surface area contributed by atoms with Crippen LogP contribution in [0.3, 0.4) is 0 Å². The summed E-state index contributed by atoms with van der Waals surface area (Å²) in [5.74, 6) is -3.11. The summed E-state index contributed by atoms with van der Waals surface area (Å²) in [5, 5.41) is 32.3. The third-order valence-electron chi connectivity index (χ3n) is 15.4. The highest BCUT2D eigenvalue weighted by atomic mass is 127. The van der Waals surface area contributed by atoms with Crippen molar-refractivity contribution in [3.63, 3.8) is 0 Å². The summed E-state index contributed by atoms with van der Waals surface area (Å²) < 4.78 is 45.2. The quantitative estimate of drug-likeness (QED) is 0.0202. The normalized spacial score (nSPS) is 17.8. The maximum atomic E-state index is 14.0. The van der Waals surface area contributed by atoms with E-state index in [-0.39, 0.29) is 69.2 Å². The summed E-state index contributed by atoms with van der Waals surface area (Å²) in [6, 6.07) is 12.7. The lowest BCUT2D eigenvalue weighted by atomic mass is 10.1. The van der Waals surface area contributed by atoms with E-state index in [0.717, 1.165) is 20.5 Å². The number of piperazine rings is 1. The number of aryl methyl sites for hydroxylation is 1. The first-order valence-corrected chi connectivity index (χ1v) is 33.8. The second-order valence-electron chi connectivity index (χ2n) is 22.2. The number of terminal acetylenes is 1. The molecule has 6 amide bonds. The molecule has 0 unspecified atom stereocenters. The molecule has 0 bridgehead atoms. The molecule has 31 heteroatoms. The lowest BCUT2D eigenvalue weighted by molar-refractivity contribution is -0.141. The number of carbonyl (C=O) groups excluding carboxylic acids is 8. The van der Waals surface area contributed by atoms with Crippen LogP contribution in [0.5, 0.6) is 5.75 Å². The van der Waals surface area contributed by atoms with Gasteiger partial charge in [0.05, 0.1) is 49.9 Å². The number of halogens is 3. The fourth-order valence-corrected chi connectivity index (χ4v) is 12.4. The number of thioether (sulfide) groups is 2. The minimum absolute atomic E-state index is 0.0171. The molecule has 3 aliphatic heterocycles. The average Bonchev–Trinajstić information content (AvgIpc) is 1.30. The molecule has 6 N–H and O–H groups in total. The van der Waals surface area contributed by atoms with Crippen LogP contribution < -0.4 is 26.0 Å². The number of pyridine rings is 1. The highest BCUT2D eigenvalue weighted by Gasteiger charge is 2.46. The Morgan fingerprint density at radius 3 is 2.03 bits per heavy atom. The van der Waals surface area contributed by atoms with Crippen molar-refractivity contribution >= 4 is 111 Å². The van der Waals surface area contributed by atoms with Gasteiger partial charge >= 0.3 is 5.97 Å². The smallest absolute Gasteiger partial charge is 0.317 e. The molecule has 6 rings (SSSR count). The molecule has 3 atom stereocenters. The van der Waals surface area contributed by atoms with E-state index in [2.05, 4.69) is 59.7 Å². The second-order valence-corrected chi connectivity index (χ2v) is 25.8. The molecule has 26 nitrogen and oxygen atoms in total. The zero-order valence-corrected chi connectivity index (χ0v) is 55.2. The molecule has 0 spiro atoms. The van der Waals surface area contributed by atoms with Crippen molar-refractivity contribution in [1.82, 2.24) is 60.6 Å². The van der Waals surface area contributed by atoms with E-state index in [1.54, 1.807) is 28.0 Å². The summed E-state index contributed by atoms with van der Waals surface area (Å²) in [6.07, 6.45) is 7.35. The summed E-state index contributed by atoms with van der Waals surface area (Å²) in [7, 11) is 0. The van der Waals surface area contributed by atoms with Crippen molar-refractivity contribution in [3.05, 3.63) is 69.4 Å². The highest BCUT2D eigenvalue weighted by Crippen LogP contribution is 2.32. The molecule has 0 saturated carbocycles. The molecular formula is C61H83F2IN12O14S2. The Morgan fingerprint density at radius 1 is 0.772 bits per heavy atom. The number of aliphatic hydroxyl groups is 1. The van der Waals surface area contributed by atoms with Crippen LogP contribution in [0.4, 0.5) is 8.78 Å². The van der Waals surface area contributed by atoms with Crippen LogP contribution in [0, 0.1) is 15.9 Å². The van der Waals surface area contributed by atoms with Crippen molar-refractivity contribution in [2.75, 3.05) is 167 Å². The number of likely N-dealkylation sites (tertiary alicyclic amines) is 1. The van der Waals surface area contributed by atoms with E-state index in [1.165, 1.54) is 35.8 Å². The van der Waals surface area contributed by atoms with Crippen molar-refractivity contribution in [2.45, 2.75) is 56.2 Å². The van der Waals surface area contributed by atoms with Gasteiger partial charge in [0.25, 0.3) is 30.7 Å². The number of carboxylic acids is 1. The molecule has 3 aliphatic rings. The van der Waals surface area contributed by atoms with E-state index < -0.39 is 79.1 Å². The Labute approximate surface area is 556 Å². The highest BCUT2D eigenvalue weighted by molar-refractivity contribution is 14.1. The van der Waals surface area contributed by atoms with Crippen LogP contribution in [0.25, 0.3) is 10.9 Å². The number of amides is 6. The molecule has 92 heavy (non-hydrogen) atoms. The zero-order chi connectivity index (χ0) is 66.3. The van der Waals surface area contributed by atoms with E-state index in [4.69, 9.17) is 20.6 Å². The van der Waals surface area contributed by atoms with Crippen molar-refractivity contribution in [3.8, 4) is 18.1 Å². The summed E-state index contributed by atoms with van der Waals surface area (Å²) in [5.41, 5.74) is 1.87. The molecule has 3 saturated heterocycles. The SMILES string of the molecule is C#C[C@H]1CC(F)(F)CN1C(=O)CNC(=O)c1ccnc2ccc(OCCCN3CCN(C(=O)[C@H](O)CSCCNC(=O)[C@H](CSCCNC(=O)CCCc4ccc(I)cc4)NC(=O)CN4CCN(COC=O)CCN(COC=O)CCN(CC(=O)O)CC4)CC3)cc12. The van der Waals surface area contributed by atoms with Gasteiger partial charge in [-0.25, -0.2) is 8.78 Å². The monoisotopic (exact) mass is 1440 g/mol. The number of fused-ring (bicyclic) bond motifs is 1. The number of carboxylic acid groups (broad SMARTS) is 1. The van der Waals surface area contributed by atoms with Crippen LogP contribution in [0.2, 0.25) is 0 Å². The number of aliphatic carboxylic acids is 1. The van der Waals surface area contributed by atoms with Gasteiger partial charge in [0.2, 0.25) is 23.6 Å². The Bertz CT molecular complexity index is 2950. The number of aliphatic hydroxyl groups excluding tert-OH is 1. The molecule has 2 aromatic carbocycles. The molecule has 0 radical (unpaired) electrons. The number of benzene rings is 2. The standard InChI is InChI=1S/C61H83F2IN12O14S2/c1-2-47-34-61(62,63)40-76(47)56(82)35-68-58(85)49-13-14-65-51-12-11-48(33-50(49)51)90-30-4-17-70-26-28-75(29-27-70)60(87)53(79)39-92-32-16-67-59(86)52(38-91-31-15-66-54(80)6-3-5-45-7-9-46(64)10-8-45)69-55(81)36-71-18-19-72(37-57(83)84)21-23-74(42-89-44-78)25-24-73(22-20-71)41-88-43-77/h1,7-14,33,43-44,47,52-53,79H,3-6,15-32,34-42H2,(H,66,80)(H,67,86)(H,68,85)(H,69,81)(H,83,84)/t47-,52-,53+/m0/s1. The van der Waals surface area contributed by atoms with Gasteiger partial charge < -0.3 is 55.5 Å². The fourth-order valence-electron chi connectivity index (χ4n) is 10.4. The molecule has 3 fully saturated rings. The number of nitrogens with one attached hydrogen (secondary N) is 4. The fraction of sp³-hybridized carbons (Fsp3) is 0.574. The van der Waals surface area contributed by atoms with Crippen LogP contribution in [-0.2, 0) is 54.3 Å². The lowest BCUT2D eigenvalue weighted by Gasteiger charge is -2.35. The molecule has 1 aromatic heterocycles. The van der Waals surface area contributed by atoms with Crippen molar-refractivity contribution < 1.29 is 76.4 Å². The largest absolute Gasteiger partial charge is 0.494 e. The Morgan fingerprint density at radius 2 is 1.39 bits per heavy atom. The number of hydrogen-bond donors (Lipinski definition) is 6. The number of hydrogen-bond acceptors (Lipinski definition) is 21. The van der Waals surface area contributed by atoms with Gasteiger partial charge in [-0.1, -0.05) is 18.1 Å². The predicted octanol–water partition coefficient (Wildman–Crippen LogP) is 0.486. The maximum absolute atomic E-state index is 14.0. The van der Waals surface area contributed by atoms with Gasteiger partial charge in [0.1, 0.15) is 31.4 Å². The molecule has 4 heterocycles.